The number of rotatable bonds is 5. The van der Waals surface area contributed by atoms with Crippen LogP contribution in [-0.4, -0.2) is 14.2 Å². The van der Waals surface area contributed by atoms with Gasteiger partial charge in [-0.1, -0.05) is 41.9 Å². The second kappa shape index (κ2) is 7.60. The number of alkyl halides is 3. The molecule has 154 valence electrons. The average molecular weight is 448 g/mol. The van der Waals surface area contributed by atoms with E-state index in [0.29, 0.717) is 10.6 Å². The van der Waals surface area contributed by atoms with Crippen LogP contribution in [-0.2, 0) is 35.8 Å². The molecular formula is C18H13ClF3NO5S. The van der Waals surface area contributed by atoms with Crippen molar-refractivity contribution >= 4 is 27.5 Å². The summed E-state index contributed by atoms with van der Waals surface area (Å²) < 4.78 is 73.7. The predicted octanol–water partition coefficient (Wildman–Crippen LogP) is 3.67. The van der Waals surface area contributed by atoms with Gasteiger partial charge in [-0.15, -0.1) is 0 Å². The average Bonchev–Trinajstić information content (AvgIpc) is 2.89. The van der Waals surface area contributed by atoms with E-state index >= 15 is 0 Å². The first-order valence-electron chi connectivity index (χ1n) is 8.01. The standard InChI is InChI=1S/C18H13ClF3NO5S/c19-12-7-5-10(6-8-12)15-14(24)16(17(23)27-15)28-29(25,26)9-11-3-1-2-4-13(11)18(20,21)22/h1-8,15H,9,23H2. The van der Waals surface area contributed by atoms with Crippen LogP contribution in [0.25, 0.3) is 0 Å². The normalized spacial score (nSPS) is 17.4. The second-order valence-electron chi connectivity index (χ2n) is 6.05. The molecule has 11 heteroatoms. The third kappa shape index (κ3) is 4.65. The van der Waals surface area contributed by atoms with Crippen LogP contribution in [0.3, 0.4) is 0 Å². The highest BCUT2D eigenvalue weighted by molar-refractivity contribution is 7.86. The van der Waals surface area contributed by atoms with Gasteiger partial charge < -0.3 is 14.7 Å². The third-order valence-electron chi connectivity index (χ3n) is 3.97. The Labute approximate surface area is 168 Å². The van der Waals surface area contributed by atoms with E-state index < -0.39 is 56.7 Å². The Hall–Kier alpha value is -2.72. The topological polar surface area (TPSA) is 95.7 Å². The van der Waals surface area contributed by atoms with Crippen molar-refractivity contribution < 1.29 is 35.3 Å². The summed E-state index contributed by atoms with van der Waals surface area (Å²) in [6.07, 6.45) is -6.00. The molecule has 0 aliphatic carbocycles. The largest absolute Gasteiger partial charge is 0.460 e. The molecule has 1 heterocycles. The SMILES string of the molecule is NC1=C(OS(=O)(=O)Cc2ccccc2C(F)(F)F)C(=O)C(c2ccc(Cl)cc2)O1. The maximum Gasteiger partial charge on any atom is 0.416 e. The molecular weight excluding hydrogens is 435 g/mol. The Morgan fingerprint density at radius 2 is 1.72 bits per heavy atom. The maximum atomic E-state index is 13.1. The fourth-order valence-corrected chi connectivity index (χ4v) is 3.92. The summed E-state index contributed by atoms with van der Waals surface area (Å²) in [4.78, 5) is 12.5. The van der Waals surface area contributed by atoms with Crippen LogP contribution in [0.4, 0.5) is 13.2 Å². The number of carbonyl (C=O) groups excluding carboxylic acids is 1. The van der Waals surface area contributed by atoms with E-state index in [2.05, 4.69) is 0 Å². The molecule has 3 rings (SSSR count). The molecule has 0 saturated heterocycles. The molecule has 0 spiro atoms. The molecule has 1 aliphatic rings. The van der Waals surface area contributed by atoms with Gasteiger partial charge in [0.15, 0.2) is 6.10 Å². The summed E-state index contributed by atoms with van der Waals surface area (Å²) in [5.41, 5.74) is 4.26. The zero-order chi connectivity index (χ0) is 21.4. The monoisotopic (exact) mass is 447 g/mol. The molecule has 2 aromatic carbocycles. The van der Waals surface area contributed by atoms with Crippen LogP contribution in [0.5, 0.6) is 0 Å². The van der Waals surface area contributed by atoms with Crippen molar-refractivity contribution in [3.63, 3.8) is 0 Å². The van der Waals surface area contributed by atoms with Crippen LogP contribution >= 0.6 is 11.6 Å². The van der Waals surface area contributed by atoms with Gasteiger partial charge in [0.1, 0.15) is 5.75 Å². The Balaban J connectivity index is 1.81. The third-order valence-corrected chi connectivity index (χ3v) is 5.31. The van der Waals surface area contributed by atoms with Gasteiger partial charge in [-0.3, -0.25) is 4.79 Å². The maximum absolute atomic E-state index is 13.1. The number of nitrogens with two attached hydrogens (primary N) is 1. The van der Waals surface area contributed by atoms with Gasteiger partial charge in [0.2, 0.25) is 17.4 Å². The Morgan fingerprint density at radius 3 is 2.34 bits per heavy atom. The minimum absolute atomic E-state index is 0.348. The number of hydrogen-bond acceptors (Lipinski definition) is 6. The van der Waals surface area contributed by atoms with Crippen LogP contribution < -0.4 is 5.73 Å². The number of Topliss-reactive ketones (excluding diaryl/α,β-unsaturated/α-hetero) is 1. The number of halogens is 4. The van der Waals surface area contributed by atoms with Gasteiger partial charge in [-0.05, 0) is 23.8 Å². The van der Waals surface area contributed by atoms with Crippen molar-refractivity contribution in [3.8, 4) is 0 Å². The summed E-state index contributed by atoms with van der Waals surface area (Å²) >= 11 is 5.78. The van der Waals surface area contributed by atoms with Crippen molar-refractivity contribution in [2.24, 2.45) is 5.73 Å². The van der Waals surface area contributed by atoms with E-state index in [-0.39, 0.29) is 0 Å². The fraction of sp³-hybridized carbons (Fsp3) is 0.167. The lowest BCUT2D eigenvalue weighted by Gasteiger charge is -2.13. The van der Waals surface area contributed by atoms with E-state index in [4.69, 9.17) is 26.3 Å². The van der Waals surface area contributed by atoms with Crippen LogP contribution in [0.2, 0.25) is 5.02 Å². The Morgan fingerprint density at radius 1 is 1.10 bits per heavy atom. The van der Waals surface area contributed by atoms with Gasteiger partial charge in [0.25, 0.3) is 0 Å². The first-order chi connectivity index (χ1) is 13.5. The number of ether oxygens (including phenoxy) is 1. The molecule has 0 amide bonds. The summed E-state index contributed by atoms with van der Waals surface area (Å²) in [6, 6.07) is 10.1. The summed E-state index contributed by atoms with van der Waals surface area (Å²) in [7, 11) is -4.64. The number of carbonyl (C=O) groups is 1. The van der Waals surface area contributed by atoms with Gasteiger partial charge in [-0.2, -0.15) is 21.6 Å². The summed E-state index contributed by atoms with van der Waals surface area (Å²) in [5, 5.41) is 0.405. The summed E-state index contributed by atoms with van der Waals surface area (Å²) in [6.45, 7) is 0. The lowest BCUT2D eigenvalue weighted by molar-refractivity contribution is -0.138. The fourth-order valence-electron chi connectivity index (χ4n) is 2.68. The quantitative estimate of drug-likeness (QED) is 0.702. The number of benzene rings is 2. The first kappa shape index (κ1) is 21.0. The van der Waals surface area contributed by atoms with E-state index in [0.717, 1.165) is 18.2 Å². The van der Waals surface area contributed by atoms with Crippen molar-refractivity contribution in [1.29, 1.82) is 0 Å². The van der Waals surface area contributed by atoms with Crippen molar-refractivity contribution in [2.75, 3.05) is 0 Å². The smallest absolute Gasteiger partial charge is 0.416 e. The van der Waals surface area contributed by atoms with E-state index in [1.165, 1.54) is 30.3 Å². The van der Waals surface area contributed by atoms with Crippen molar-refractivity contribution in [3.05, 3.63) is 81.9 Å². The zero-order valence-electron chi connectivity index (χ0n) is 14.4. The molecule has 2 aromatic rings. The van der Waals surface area contributed by atoms with Gasteiger partial charge in [0, 0.05) is 10.6 Å². The molecule has 0 radical (unpaired) electrons. The molecule has 0 saturated carbocycles. The highest BCUT2D eigenvalue weighted by atomic mass is 35.5. The molecule has 0 aromatic heterocycles. The van der Waals surface area contributed by atoms with Crippen molar-refractivity contribution in [1.82, 2.24) is 0 Å². The zero-order valence-corrected chi connectivity index (χ0v) is 16.0. The van der Waals surface area contributed by atoms with E-state index in [1.807, 2.05) is 0 Å². The molecule has 2 N–H and O–H groups in total. The lowest BCUT2D eigenvalue weighted by Crippen LogP contribution is -2.18. The summed E-state index contributed by atoms with van der Waals surface area (Å²) in [5.74, 6) is -3.35. The Kier molecular flexibility index (Phi) is 5.50. The van der Waals surface area contributed by atoms with Gasteiger partial charge >= 0.3 is 16.3 Å². The Bertz CT molecular complexity index is 1080. The molecule has 1 atom stereocenters. The molecule has 0 bridgehead atoms. The number of hydrogen-bond donors (Lipinski definition) is 1. The molecule has 1 unspecified atom stereocenters. The van der Waals surface area contributed by atoms with Crippen LogP contribution in [0.15, 0.2) is 60.2 Å². The minimum atomic E-state index is -4.75. The van der Waals surface area contributed by atoms with Crippen LogP contribution in [0, 0.1) is 0 Å². The lowest BCUT2D eigenvalue weighted by atomic mass is 10.1. The molecule has 6 nitrogen and oxygen atoms in total. The minimum Gasteiger partial charge on any atom is -0.460 e. The predicted molar refractivity (Wildman–Crippen MR) is 96.7 cm³/mol. The van der Waals surface area contributed by atoms with Gasteiger partial charge in [0.05, 0.1) is 5.56 Å². The molecule has 1 aliphatic heterocycles. The number of ketones is 1. The molecule has 0 fully saturated rings. The van der Waals surface area contributed by atoms with E-state index in [9.17, 15) is 26.4 Å². The van der Waals surface area contributed by atoms with Gasteiger partial charge in [-0.25, -0.2) is 0 Å². The van der Waals surface area contributed by atoms with Crippen molar-refractivity contribution in [2.45, 2.75) is 18.0 Å². The highest BCUT2D eigenvalue weighted by Crippen LogP contribution is 2.35. The first-order valence-corrected chi connectivity index (χ1v) is 9.97. The van der Waals surface area contributed by atoms with Crippen LogP contribution in [0.1, 0.15) is 22.8 Å². The van der Waals surface area contributed by atoms with E-state index in [1.54, 1.807) is 0 Å². The highest BCUT2D eigenvalue weighted by Gasteiger charge is 2.40. The second-order valence-corrected chi connectivity index (χ2v) is 8.05. The molecule has 29 heavy (non-hydrogen) atoms.